The van der Waals surface area contributed by atoms with Crippen LogP contribution in [-0.2, 0) is 0 Å². The summed E-state index contributed by atoms with van der Waals surface area (Å²) in [5.41, 5.74) is 0.236. The monoisotopic (exact) mass is 282 g/mol. The summed E-state index contributed by atoms with van der Waals surface area (Å²) >= 11 is 11.7. The summed E-state index contributed by atoms with van der Waals surface area (Å²) in [5, 5.41) is 8.98. The van der Waals surface area contributed by atoms with E-state index in [9.17, 15) is 4.39 Å². The average Bonchev–Trinajstić information content (AvgIpc) is 2.35. The number of pyridine rings is 1. The fraction of sp³-hybridized carbons (Fsp3) is 0. The van der Waals surface area contributed by atoms with Gasteiger partial charge in [0, 0.05) is 6.20 Å². The normalized spacial score (nSPS) is 9.89. The van der Waals surface area contributed by atoms with E-state index in [2.05, 4.69) is 4.98 Å². The lowest BCUT2D eigenvalue weighted by Gasteiger charge is -2.08. The molecule has 0 aliphatic carbocycles. The highest BCUT2D eigenvalue weighted by atomic mass is 35.5. The Bertz CT molecular complexity index is 640. The Kier molecular flexibility index (Phi) is 3.66. The number of nitrogens with zero attached hydrogens (tertiary/aromatic N) is 2. The van der Waals surface area contributed by atoms with Crippen LogP contribution in [0.3, 0.4) is 0 Å². The second-order valence-electron chi connectivity index (χ2n) is 3.27. The molecular weight excluding hydrogens is 278 g/mol. The zero-order chi connectivity index (χ0) is 13.1. The van der Waals surface area contributed by atoms with Gasteiger partial charge in [0.25, 0.3) is 0 Å². The molecule has 0 atom stereocenters. The Labute approximate surface area is 112 Å². The third-order valence-electron chi connectivity index (χ3n) is 2.08. The van der Waals surface area contributed by atoms with Crippen molar-refractivity contribution in [3.8, 4) is 17.7 Å². The molecular formula is C12H5Cl2FN2O. The van der Waals surface area contributed by atoms with Crippen LogP contribution in [0.2, 0.25) is 10.0 Å². The molecule has 0 unspecified atom stereocenters. The highest BCUT2D eigenvalue weighted by Crippen LogP contribution is 2.33. The molecule has 90 valence electrons. The zero-order valence-electron chi connectivity index (χ0n) is 8.82. The molecule has 0 bridgehead atoms. The highest BCUT2D eigenvalue weighted by Gasteiger charge is 2.11. The van der Waals surface area contributed by atoms with Crippen LogP contribution < -0.4 is 4.74 Å². The largest absolute Gasteiger partial charge is 0.436 e. The summed E-state index contributed by atoms with van der Waals surface area (Å²) in [5.74, 6) is -0.219. The molecule has 3 nitrogen and oxygen atoms in total. The first-order valence-corrected chi connectivity index (χ1v) is 5.55. The fourth-order valence-electron chi connectivity index (χ4n) is 1.24. The van der Waals surface area contributed by atoms with Crippen LogP contribution in [0.5, 0.6) is 11.6 Å². The lowest BCUT2D eigenvalue weighted by Crippen LogP contribution is -1.92. The number of halogens is 3. The number of benzene rings is 1. The minimum absolute atomic E-state index is 0.0456. The van der Waals surface area contributed by atoms with Gasteiger partial charge in [0.1, 0.15) is 22.7 Å². The molecule has 0 N–H and O–H groups in total. The van der Waals surface area contributed by atoms with Gasteiger partial charge in [-0.05, 0) is 24.3 Å². The molecule has 2 aromatic rings. The molecule has 0 aliphatic rings. The first-order chi connectivity index (χ1) is 8.61. The molecule has 2 rings (SSSR count). The Balaban J connectivity index is 2.38. The molecule has 0 spiro atoms. The third kappa shape index (κ3) is 2.53. The Morgan fingerprint density at radius 3 is 2.72 bits per heavy atom. The number of hydrogen-bond donors (Lipinski definition) is 0. The van der Waals surface area contributed by atoms with E-state index in [0.29, 0.717) is 0 Å². The Hall–Kier alpha value is -1.83. The summed E-state index contributed by atoms with van der Waals surface area (Å²) in [7, 11) is 0. The predicted octanol–water partition coefficient (Wildman–Crippen LogP) is 4.19. The quantitative estimate of drug-likeness (QED) is 0.830. The summed E-state index contributed by atoms with van der Waals surface area (Å²) in [6.45, 7) is 0. The van der Waals surface area contributed by atoms with E-state index in [1.807, 2.05) is 6.07 Å². The number of nitriles is 1. The summed E-state index contributed by atoms with van der Waals surface area (Å²) < 4.78 is 18.2. The molecule has 1 aromatic carbocycles. The highest BCUT2D eigenvalue weighted by molar-refractivity contribution is 6.33. The van der Waals surface area contributed by atoms with Crippen LogP contribution in [0.1, 0.15) is 5.56 Å². The van der Waals surface area contributed by atoms with Crippen molar-refractivity contribution in [1.82, 2.24) is 4.98 Å². The summed E-state index contributed by atoms with van der Waals surface area (Å²) in [6.07, 6.45) is 1.39. The Morgan fingerprint density at radius 1 is 1.28 bits per heavy atom. The lowest BCUT2D eigenvalue weighted by molar-refractivity contribution is 0.461. The molecule has 6 heteroatoms. The van der Waals surface area contributed by atoms with Crippen LogP contribution in [0.4, 0.5) is 4.39 Å². The maximum atomic E-state index is 12.9. The van der Waals surface area contributed by atoms with Gasteiger partial charge in [0.15, 0.2) is 0 Å². The van der Waals surface area contributed by atoms with E-state index in [1.165, 1.54) is 24.4 Å². The number of ether oxygens (including phenoxy) is 1. The fourth-order valence-corrected chi connectivity index (χ4v) is 1.64. The molecule has 0 saturated carbocycles. The van der Waals surface area contributed by atoms with Crippen molar-refractivity contribution >= 4 is 23.2 Å². The van der Waals surface area contributed by atoms with Gasteiger partial charge in [-0.25, -0.2) is 9.37 Å². The number of aromatic nitrogens is 1. The minimum atomic E-state index is -0.475. The van der Waals surface area contributed by atoms with Gasteiger partial charge in [0.05, 0.1) is 10.6 Å². The van der Waals surface area contributed by atoms with Crippen molar-refractivity contribution in [2.45, 2.75) is 0 Å². The van der Waals surface area contributed by atoms with Gasteiger partial charge in [-0.1, -0.05) is 23.2 Å². The van der Waals surface area contributed by atoms with Crippen molar-refractivity contribution in [1.29, 1.82) is 5.26 Å². The third-order valence-corrected chi connectivity index (χ3v) is 2.74. The first-order valence-electron chi connectivity index (χ1n) is 4.79. The van der Waals surface area contributed by atoms with E-state index in [0.717, 1.165) is 6.07 Å². The van der Waals surface area contributed by atoms with Gasteiger partial charge in [0.2, 0.25) is 5.88 Å². The van der Waals surface area contributed by atoms with E-state index in [4.69, 9.17) is 33.2 Å². The lowest BCUT2D eigenvalue weighted by atomic mass is 10.3. The molecule has 0 fully saturated rings. The van der Waals surface area contributed by atoms with Crippen molar-refractivity contribution in [3.05, 3.63) is 51.9 Å². The SMILES string of the molecule is N#Cc1ccnc(Oc2ccc(F)cc2Cl)c1Cl. The second kappa shape index (κ2) is 5.21. The van der Waals surface area contributed by atoms with Gasteiger partial charge in [-0.3, -0.25) is 0 Å². The average molecular weight is 283 g/mol. The van der Waals surface area contributed by atoms with Crippen LogP contribution in [0.25, 0.3) is 0 Å². The first kappa shape index (κ1) is 12.6. The zero-order valence-corrected chi connectivity index (χ0v) is 10.3. The van der Waals surface area contributed by atoms with Crippen molar-refractivity contribution in [3.63, 3.8) is 0 Å². The van der Waals surface area contributed by atoms with Crippen molar-refractivity contribution < 1.29 is 9.13 Å². The van der Waals surface area contributed by atoms with Crippen LogP contribution in [0.15, 0.2) is 30.5 Å². The van der Waals surface area contributed by atoms with E-state index in [-0.39, 0.29) is 27.2 Å². The summed E-state index contributed by atoms with van der Waals surface area (Å²) in [4.78, 5) is 3.89. The van der Waals surface area contributed by atoms with Crippen LogP contribution >= 0.6 is 23.2 Å². The van der Waals surface area contributed by atoms with Gasteiger partial charge < -0.3 is 4.74 Å². The molecule has 0 amide bonds. The van der Waals surface area contributed by atoms with Crippen LogP contribution in [-0.4, -0.2) is 4.98 Å². The van der Waals surface area contributed by atoms with Crippen molar-refractivity contribution in [2.75, 3.05) is 0 Å². The Morgan fingerprint density at radius 2 is 2.06 bits per heavy atom. The molecule has 0 saturated heterocycles. The minimum Gasteiger partial charge on any atom is -0.436 e. The number of hydrogen-bond acceptors (Lipinski definition) is 3. The van der Waals surface area contributed by atoms with E-state index >= 15 is 0 Å². The summed E-state index contributed by atoms with van der Waals surface area (Å²) in [6, 6.07) is 7.02. The maximum Gasteiger partial charge on any atom is 0.239 e. The molecule has 1 heterocycles. The predicted molar refractivity (Wildman–Crippen MR) is 65.4 cm³/mol. The van der Waals surface area contributed by atoms with Gasteiger partial charge in [-0.15, -0.1) is 0 Å². The van der Waals surface area contributed by atoms with Crippen LogP contribution in [0, 0.1) is 17.1 Å². The maximum absolute atomic E-state index is 12.9. The van der Waals surface area contributed by atoms with E-state index in [1.54, 1.807) is 0 Å². The molecule has 1 aromatic heterocycles. The smallest absolute Gasteiger partial charge is 0.239 e. The standard InChI is InChI=1S/C12H5Cl2FN2O/c13-9-5-8(15)1-2-10(9)18-12-11(14)7(6-16)3-4-17-12/h1-5H. The molecule has 0 aliphatic heterocycles. The number of rotatable bonds is 2. The topological polar surface area (TPSA) is 45.9 Å². The second-order valence-corrected chi connectivity index (χ2v) is 4.05. The van der Waals surface area contributed by atoms with Gasteiger partial charge >= 0.3 is 0 Å². The van der Waals surface area contributed by atoms with Crippen molar-refractivity contribution in [2.24, 2.45) is 0 Å². The molecule has 0 radical (unpaired) electrons. The van der Waals surface area contributed by atoms with Gasteiger partial charge in [-0.2, -0.15) is 5.26 Å². The van der Waals surface area contributed by atoms with E-state index < -0.39 is 5.82 Å². The molecule has 18 heavy (non-hydrogen) atoms.